The van der Waals surface area contributed by atoms with Crippen molar-refractivity contribution < 1.29 is 9.21 Å². The number of furan rings is 1. The zero-order chi connectivity index (χ0) is 22.6. The molecule has 1 N–H and O–H groups in total. The molecular weight excluding hydrogens is 414 g/mol. The summed E-state index contributed by atoms with van der Waals surface area (Å²) in [5.74, 6) is 2.81. The third-order valence-electron chi connectivity index (χ3n) is 6.25. The van der Waals surface area contributed by atoms with E-state index in [-0.39, 0.29) is 11.9 Å². The van der Waals surface area contributed by atoms with Gasteiger partial charge in [-0.1, -0.05) is 48.5 Å². The van der Waals surface area contributed by atoms with Crippen molar-refractivity contribution in [3.8, 4) is 0 Å². The van der Waals surface area contributed by atoms with E-state index < -0.39 is 0 Å². The lowest BCUT2D eigenvalue weighted by molar-refractivity contribution is -0.121. The zero-order valence-corrected chi connectivity index (χ0v) is 18.9. The van der Waals surface area contributed by atoms with E-state index in [0.29, 0.717) is 6.42 Å². The van der Waals surface area contributed by atoms with E-state index in [1.54, 1.807) is 0 Å². The number of aryl methyl sites for hydroxylation is 1. The fourth-order valence-corrected chi connectivity index (χ4v) is 4.48. The van der Waals surface area contributed by atoms with E-state index in [2.05, 4.69) is 37.1 Å². The van der Waals surface area contributed by atoms with Crippen LogP contribution in [0.1, 0.15) is 42.4 Å². The quantitative estimate of drug-likeness (QED) is 0.469. The summed E-state index contributed by atoms with van der Waals surface area (Å²) < 4.78 is 8.17. The van der Waals surface area contributed by atoms with E-state index in [1.165, 1.54) is 5.56 Å². The molecule has 0 saturated heterocycles. The molecule has 0 spiro atoms. The first-order chi connectivity index (χ1) is 16.2. The van der Waals surface area contributed by atoms with Crippen molar-refractivity contribution in [2.45, 2.75) is 45.3 Å². The lowest BCUT2D eigenvalue weighted by Crippen LogP contribution is -2.30. The largest absolute Gasteiger partial charge is 0.460 e. The highest BCUT2D eigenvalue weighted by molar-refractivity contribution is 5.77. The Bertz CT molecular complexity index is 1200. The van der Waals surface area contributed by atoms with Crippen molar-refractivity contribution >= 4 is 16.9 Å². The summed E-state index contributed by atoms with van der Waals surface area (Å²) in [6.45, 7) is 5.32. The second-order valence-electron chi connectivity index (χ2n) is 8.68. The molecule has 0 radical (unpaired) electrons. The molecule has 0 saturated carbocycles. The molecule has 2 aromatic carbocycles. The number of aromatic nitrogens is 3. The van der Waals surface area contributed by atoms with Crippen molar-refractivity contribution in [3.05, 3.63) is 83.6 Å². The Labute approximate surface area is 193 Å². The number of fused-ring (bicyclic) bond motifs is 2. The summed E-state index contributed by atoms with van der Waals surface area (Å²) in [6.07, 6.45) is 2.01. The molecule has 7 nitrogen and oxygen atoms in total. The molecule has 7 heteroatoms. The standard InChI is InChI=1S/C26H29N5O2/c1-19(27-25(32)12-11-20-7-3-2-4-8-20)26-29-28-24-13-14-30(15-16-31(24)26)18-22-17-21-9-5-6-10-23(21)33-22/h2-10,17,19H,11-16,18H2,1H3,(H,27,32)/t19-/m1/s1. The first-order valence-electron chi connectivity index (χ1n) is 11.6. The second-order valence-corrected chi connectivity index (χ2v) is 8.68. The molecule has 1 aliphatic heterocycles. The van der Waals surface area contributed by atoms with Gasteiger partial charge in [-0.25, -0.2) is 0 Å². The van der Waals surface area contributed by atoms with Crippen LogP contribution >= 0.6 is 0 Å². The lowest BCUT2D eigenvalue weighted by Gasteiger charge is -2.19. The highest BCUT2D eigenvalue weighted by Crippen LogP contribution is 2.21. The monoisotopic (exact) mass is 443 g/mol. The van der Waals surface area contributed by atoms with Crippen molar-refractivity contribution in [1.82, 2.24) is 25.0 Å². The van der Waals surface area contributed by atoms with Crippen LogP contribution in [-0.4, -0.2) is 38.7 Å². The molecule has 4 aromatic rings. The van der Waals surface area contributed by atoms with Gasteiger partial charge >= 0.3 is 0 Å². The molecule has 1 aliphatic rings. The smallest absolute Gasteiger partial charge is 0.220 e. The number of rotatable bonds is 7. The zero-order valence-electron chi connectivity index (χ0n) is 18.9. The third-order valence-corrected chi connectivity index (χ3v) is 6.25. The van der Waals surface area contributed by atoms with Crippen LogP contribution in [0.5, 0.6) is 0 Å². The number of hydrogen-bond donors (Lipinski definition) is 1. The minimum Gasteiger partial charge on any atom is -0.460 e. The van der Waals surface area contributed by atoms with Gasteiger partial charge in [0.1, 0.15) is 17.2 Å². The van der Waals surface area contributed by atoms with Crippen molar-refractivity contribution in [2.24, 2.45) is 0 Å². The number of nitrogens with zero attached hydrogens (tertiary/aromatic N) is 4. The van der Waals surface area contributed by atoms with E-state index >= 15 is 0 Å². The van der Waals surface area contributed by atoms with Gasteiger partial charge in [0.25, 0.3) is 0 Å². The summed E-state index contributed by atoms with van der Waals surface area (Å²) >= 11 is 0. The fraction of sp³-hybridized carbons (Fsp3) is 0.346. The van der Waals surface area contributed by atoms with Crippen LogP contribution in [0.3, 0.4) is 0 Å². The van der Waals surface area contributed by atoms with Gasteiger partial charge in [-0.3, -0.25) is 9.69 Å². The molecule has 1 atom stereocenters. The van der Waals surface area contributed by atoms with Gasteiger partial charge in [0, 0.05) is 37.9 Å². The Morgan fingerprint density at radius 1 is 1.06 bits per heavy atom. The van der Waals surface area contributed by atoms with Gasteiger partial charge in [0.15, 0.2) is 5.82 Å². The lowest BCUT2D eigenvalue weighted by atomic mass is 10.1. The number of para-hydroxylation sites is 1. The summed E-state index contributed by atoms with van der Waals surface area (Å²) in [5.41, 5.74) is 2.10. The highest BCUT2D eigenvalue weighted by Gasteiger charge is 2.23. The van der Waals surface area contributed by atoms with Crippen molar-refractivity contribution in [1.29, 1.82) is 0 Å². The molecule has 1 amide bonds. The Kier molecular flexibility index (Phi) is 6.21. The van der Waals surface area contributed by atoms with Crippen molar-refractivity contribution in [3.63, 3.8) is 0 Å². The predicted octanol–water partition coefficient (Wildman–Crippen LogP) is 3.89. The summed E-state index contributed by atoms with van der Waals surface area (Å²) in [5, 5.41) is 13.1. The Morgan fingerprint density at radius 3 is 2.73 bits per heavy atom. The van der Waals surface area contributed by atoms with Gasteiger partial charge in [-0.2, -0.15) is 0 Å². The summed E-state index contributed by atoms with van der Waals surface area (Å²) in [6, 6.07) is 20.1. The van der Waals surface area contributed by atoms with E-state index in [4.69, 9.17) is 4.42 Å². The van der Waals surface area contributed by atoms with Gasteiger partial charge in [0.2, 0.25) is 5.91 Å². The maximum absolute atomic E-state index is 12.5. The number of carbonyl (C=O) groups is 1. The highest BCUT2D eigenvalue weighted by atomic mass is 16.3. The van der Waals surface area contributed by atoms with E-state index in [9.17, 15) is 4.79 Å². The van der Waals surface area contributed by atoms with Crippen LogP contribution in [-0.2, 0) is 30.7 Å². The second kappa shape index (κ2) is 9.58. The van der Waals surface area contributed by atoms with Crippen LogP contribution in [0.2, 0.25) is 0 Å². The minimum absolute atomic E-state index is 0.0313. The molecule has 33 heavy (non-hydrogen) atoms. The number of nitrogens with one attached hydrogen (secondary N) is 1. The maximum atomic E-state index is 12.5. The van der Waals surface area contributed by atoms with Gasteiger partial charge in [0.05, 0.1) is 12.6 Å². The topological polar surface area (TPSA) is 76.2 Å². The molecule has 0 unspecified atom stereocenters. The Morgan fingerprint density at radius 2 is 1.88 bits per heavy atom. The first kappa shape index (κ1) is 21.4. The van der Waals surface area contributed by atoms with Crippen molar-refractivity contribution in [2.75, 3.05) is 13.1 Å². The molecular formula is C26H29N5O2. The Hall–Kier alpha value is -3.45. The molecule has 5 rings (SSSR count). The molecule has 3 heterocycles. The normalized spacial score (nSPS) is 15.2. The Balaban J connectivity index is 1.18. The van der Waals surface area contributed by atoms with Gasteiger partial charge in [-0.05, 0) is 31.0 Å². The fourth-order valence-electron chi connectivity index (χ4n) is 4.48. The number of carbonyl (C=O) groups excluding carboxylic acids is 1. The molecule has 0 aliphatic carbocycles. The molecule has 170 valence electrons. The van der Waals surface area contributed by atoms with E-state index in [1.807, 2.05) is 55.5 Å². The molecule has 0 bridgehead atoms. The van der Waals surface area contributed by atoms with Gasteiger partial charge < -0.3 is 14.3 Å². The average Bonchev–Trinajstić information content (AvgIpc) is 3.38. The van der Waals surface area contributed by atoms with Crippen LogP contribution in [0, 0.1) is 0 Å². The maximum Gasteiger partial charge on any atom is 0.220 e. The van der Waals surface area contributed by atoms with E-state index in [0.717, 1.165) is 67.4 Å². The SMILES string of the molecule is C[C@@H](NC(=O)CCc1ccccc1)c1nnc2n1CCN(Cc1cc3ccccc3o1)CC2. The molecule has 0 fully saturated rings. The summed E-state index contributed by atoms with van der Waals surface area (Å²) in [7, 11) is 0. The van der Waals surface area contributed by atoms with Crippen LogP contribution < -0.4 is 5.32 Å². The van der Waals surface area contributed by atoms with Crippen LogP contribution in [0.4, 0.5) is 0 Å². The van der Waals surface area contributed by atoms with Gasteiger partial charge in [-0.15, -0.1) is 10.2 Å². The number of amides is 1. The van der Waals surface area contributed by atoms with Crippen LogP contribution in [0.25, 0.3) is 11.0 Å². The summed E-state index contributed by atoms with van der Waals surface area (Å²) in [4.78, 5) is 14.9. The average molecular weight is 444 g/mol. The minimum atomic E-state index is -0.184. The number of hydrogen-bond acceptors (Lipinski definition) is 5. The first-order valence-corrected chi connectivity index (χ1v) is 11.6. The predicted molar refractivity (Wildman–Crippen MR) is 127 cm³/mol. The third kappa shape index (κ3) is 4.98. The van der Waals surface area contributed by atoms with Crippen LogP contribution in [0.15, 0.2) is 65.1 Å². The number of benzene rings is 2. The molecule has 2 aromatic heterocycles.